The van der Waals surface area contributed by atoms with Crippen LogP contribution >= 0.6 is 0 Å². The Bertz CT molecular complexity index is 396. The summed E-state index contributed by atoms with van der Waals surface area (Å²) >= 11 is 0. The lowest BCUT2D eigenvalue weighted by atomic mass is 9.95. The molecular weight excluding hydrogens is 260 g/mol. The van der Waals surface area contributed by atoms with E-state index in [1.807, 2.05) is 0 Å². The molecule has 2 rings (SSSR count). The highest BCUT2D eigenvalue weighted by atomic mass is 16.5. The second kappa shape index (κ2) is 8.40. The van der Waals surface area contributed by atoms with Crippen LogP contribution in [0.5, 0.6) is 5.75 Å². The number of hydrogen-bond acceptors (Lipinski definition) is 3. The molecule has 1 aromatic rings. The van der Waals surface area contributed by atoms with E-state index >= 15 is 0 Å². The molecule has 1 aromatic carbocycles. The number of ether oxygens (including phenoxy) is 1. The predicted molar refractivity (Wildman–Crippen MR) is 88.9 cm³/mol. The number of nitrogens with zero attached hydrogens (tertiary/aromatic N) is 1. The Morgan fingerprint density at radius 2 is 1.86 bits per heavy atom. The van der Waals surface area contributed by atoms with Gasteiger partial charge >= 0.3 is 0 Å². The molecule has 1 aliphatic rings. The summed E-state index contributed by atoms with van der Waals surface area (Å²) in [6.45, 7) is 9.38. The van der Waals surface area contributed by atoms with Crippen molar-refractivity contribution in [3.8, 4) is 5.75 Å². The third kappa shape index (κ3) is 4.72. The van der Waals surface area contributed by atoms with Crippen LogP contribution in [0.4, 0.5) is 0 Å². The molecule has 21 heavy (non-hydrogen) atoms. The molecule has 0 spiro atoms. The molecule has 1 N–H and O–H groups in total. The standard InChI is InChI=1S/C18H30N2O/c1-4-18(16-6-8-17(21-3)9-7-16)19-14-15-10-12-20(5-2)13-11-15/h6-9,15,18-19H,4-5,10-14H2,1-3H3. The smallest absolute Gasteiger partial charge is 0.118 e. The number of benzene rings is 1. The number of rotatable bonds is 7. The van der Waals surface area contributed by atoms with Crippen LogP contribution in [0.3, 0.4) is 0 Å². The Morgan fingerprint density at radius 3 is 2.38 bits per heavy atom. The van der Waals surface area contributed by atoms with Crippen LogP contribution in [-0.2, 0) is 0 Å². The summed E-state index contributed by atoms with van der Waals surface area (Å²) in [5, 5.41) is 3.77. The first kappa shape index (κ1) is 16.3. The highest BCUT2D eigenvalue weighted by molar-refractivity contribution is 5.29. The van der Waals surface area contributed by atoms with Crippen molar-refractivity contribution in [2.75, 3.05) is 33.3 Å². The third-order valence-corrected chi connectivity index (χ3v) is 4.73. The van der Waals surface area contributed by atoms with Gasteiger partial charge in [-0.2, -0.15) is 0 Å². The highest BCUT2D eigenvalue weighted by Gasteiger charge is 2.19. The molecule has 0 bridgehead atoms. The number of likely N-dealkylation sites (tertiary alicyclic amines) is 1. The van der Waals surface area contributed by atoms with Crippen molar-refractivity contribution >= 4 is 0 Å². The fraction of sp³-hybridized carbons (Fsp3) is 0.667. The maximum absolute atomic E-state index is 5.23. The second-order valence-corrected chi connectivity index (χ2v) is 6.02. The van der Waals surface area contributed by atoms with Crippen molar-refractivity contribution in [1.82, 2.24) is 10.2 Å². The summed E-state index contributed by atoms with van der Waals surface area (Å²) in [6, 6.07) is 8.93. The SMILES string of the molecule is CCC(NCC1CCN(CC)CC1)c1ccc(OC)cc1. The third-order valence-electron chi connectivity index (χ3n) is 4.73. The van der Waals surface area contributed by atoms with Crippen molar-refractivity contribution in [2.24, 2.45) is 5.92 Å². The number of piperidine rings is 1. The fourth-order valence-electron chi connectivity index (χ4n) is 3.15. The van der Waals surface area contributed by atoms with Crippen molar-refractivity contribution in [3.05, 3.63) is 29.8 Å². The highest BCUT2D eigenvalue weighted by Crippen LogP contribution is 2.22. The molecule has 1 saturated heterocycles. The largest absolute Gasteiger partial charge is 0.497 e. The molecule has 1 heterocycles. The number of methoxy groups -OCH3 is 1. The van der Waals surface area contributed by atoms with Gasteiger partial charge < -0.3 is 15.0 Å². The van der Waals surface area contributed by atoms with Crippen molar-refractivity contribution in [3.63, 3.8) is 0 Å². The minimum atomic E-state index is 0.458. The van der Waals surface area contributed by atoms with Crippen molar-refractivity contribution in [2.45, 2.75) is 39.2 Å². The van der Waals surface area contributed by atoms with Crippen LogP contribution in [0.1, 0.15) is 44.7 Å². The average Bonchev–Trinajstić information content (AvgIpc) is 2.56. The lowest BCUT2D eigenvalue weighted by Crippen LogP contribution is -2.37. The molecule has 1 aliphatic heterocycles. The summed E-state index contributed by atoms with van der Waals surface area (Å²) in [5.41, 5.74) is 1.37. The van der Waals surface area contributed by atoms with Crippen LogP contribution in [-0.4, -0.2) is 38.2 Å². The monoisotopic (exact) mass is 290 g/mol. The Kier molecular flexibility index (Phi) is 6.52. The normalized spacial score (nSPS) is 18.6. The first-order chi connectivity index (χ1) is 10.3. The summed E-state index contributed by atoms with van der Waals surface area (Å²) in [5.74, 6) is 1.76. The maximum atomic E-state index is 5.23. The van der Waals surface area contributed by atoms with Crippen molar-refractivity contribution < 1.29 is 4.74 Å². The molecule has 3 heteroatoms. The minimum absolute atomic E-state index is 0.458. The molecule has 3 nitrogen and oxygen atoms in total. The van der Waals surface area contributed by atoms with E-state index in [1.165, 1.54) is 38.0 Å². The lowest BCUT2D eigenvalue weighted by Gasteiger charge is -2.32. The topological polar surface area (TPSA) is 24.5 Å². The first-order valence-corrected chi connectivity index (χ1v) is 8.36. The Balaban J connectivity index is 1.82. The lowest BCUT2D eigenvalue weighted by molar-refractivity contribution is 0.187. The van der Waals surface area contributed by atoms with E-state index in [0.717, 1.165) is 24.6 Å². The number of hydrogen-bond donors (Lipinski definition) is 1. The molecule has 0 aliphatic carbocycles. The summed E-state index contributed by atoms with van der Waals surface area (Å²) in [4.78, 5) is 2.55. The Labute approximate surface area is 129 Å². The van der Waals surface area contributed by atoms with E-state index in [2.05, 4.69) is 48.3 Å². The van der Waals surface area contributed by atoms with E-state index in [9.17, 15) is 0 Å². The Morgan fingerprint density at radius 1 is 1.19 bits per heavy atom. The molecule has 0 radical (unpaired) electrons. The molecule has 0 saturated carbocycles. The fourth-order valence-corrected chi connectivity index (χ4v) is 3.15. The van der Waals surface area contributed by atoms with E-state index in [-0.39, 0.29) is 0 Å². The van der Waals surface area contributed by atoms with Gasteiger partial charge in [-0.3, -0.25) is 0 Å². The summed E-state index contributed by atoms with van der Waals surface area (Å²) in [7, 11) is 1.72. The van der Waals surface area contributed by atoms with Crippen LogP contribution in [0.2, 0.25) is 0 Å². The van der Waals surface area contributed by atoms with Gasteiger partial charge in [0.15, 0.2) is 0 Å². The molecular formula is C18H30N2O. The summed E-state index contributed by atoms with van der Waals surface area (Å²) in [6.07, 6.45) is 3.79. The van der Waals surface area contributed by atoms with Gasteiger partial charge in [0.2, 0.25) is 0 Å². The van der Waals surface area contributed by atoms with Gasteiger partial charge in [-0.15, -0.1) is 0 Å². The van der Waals surface area contributed by atoms with E-state index < -0.39 is 0 Å². The van der Waals surface area contributed by atoms with Crippen molar-refractivity contribution in [1.29, 1.82) is 0 Å². The maximum Gasteiger partial charge on any atom is 0.118 e. The second-order valence-electron chi connectivity index (χ2n) is 6.02. The van der Waals surface area contributed by atoms with Gasteiger partial charge in [0.25, 0.3) is 0 Å². The van der Waals surface area contributed by atoms with Gasteiger partial charge in [-0.1, -0.05) is 26.0 Å². The van der Waals surface area contributed by atoms with E-state index in [4.69, 9.17) is 4.74 Å². The van der Waals surface area contributed by atoms with Gasteiger partial charge in [0, 0.05) is 6.04 Å². The van der Waals surface area contributed by atoms with Gasteiger partial charge in [0.1, 0.15) is 5.75 Å². The van der Waals surface area contributed by atoms with Crippen LogP contribution in [0.25, 0.3) is 0 Å². The quantitative estimate of drug-likeness (QED) is 0.832. The molecule has 118 valence electrons. The molecule has 1 unspecified atom stereocenters. The molecule has 1 fully saturated rings. The number of nitrogens with one attached hydrogen (secondary N) is 1. The predicted octanol–water partition coefficient (Wildman–Crippen LogP) is 3.47. The van der Waals surface area contributed by atoms with Crippen LogP contribution in [0.15, 0.2) is 24.3 Å². The van der Waals surface area contributed by atoms with E-state index in [0.29, 0.717) is 6.04 Å². The van der Waals surface area contributed by atoms with Gasteiger partial charge in [-0.25, -0.2) is 0 Å². The molecule has 0 amide bonds. The Hall–Kier alpha value is -1.06. The first-order valence-electron chi connectivity index (χ1n) is 8.36. The van der Waals surface area contributed by atoms with Gasteiger partial charge in [-0.05, 0) is 69.1 Å². The van der Waals surface area contributed by atoms with E-state index in [1.54, 1.807) is 7.11 Å². The summed E-state index contributed by atoms with van der Waals surface area (Å²) < 4.78 is 5.23. The zero-order valence-corrected chi connectivity index (χ0v) is 13.8. The van der Waals surface area contributed by atoms with Crippen LogP contribution < -0.4 is 10.1 Å². The molecule has 1 atom stereocenters. The minimum Gasteiger partial charge on any atom is -0.497 e. The average molecular weight is 290 g/mol. The molecule has 0 aromatic heterocycles. The zero-order chi connectivity index (χ0) is 15.1. The zero-order valence-electron chi connectivity index (χ0n) is 13.8. The van der Waals surface area contributed by atoms with Gasteiger partial charge in [0.05, 0.1) is 7.11 Å². The van der Waals surface area contributed by atoms with Crippen LogP contribution in [0, 0.1) is 5.92 Å².